The second-order valence-electron chi connectivity index (χ2n) is 3.27. The van der Waals surface area contributed by atoms with Crippen LogP contribution in [0.3, 0.4) is 0 Å². The van der Waals surface area contributed by atoms with Gasteiger partial charge < -0.3 is 20.0 Å². The molecule has 0 aliphatic carbocycles. The Labute approximate surface area is 99.5 Å². The summed E-state index contributed by atoms with van der Waals surface area (Å²) in [6.07, 6.45) is 0. The maximum Gasteiger partial charge on any atom is 0.252 e. The number of fused-ring (bicyclic) bond motifs is 1. The van der Waals surface area contributed by atoms with Gasteiger partial charge in [-0.3, -0.25) is 4.79 Å². The molecule has 1 aliphatic heterocycles. The van der Waals surface area contributed by atoms with Gasteiger partial charge in [0.2, 0.25) is 0 Å². The minimum Gasteiger partial charge on any atom is -0.546 e. The van der Waals surface area contributed by atoms with Gasteiger partial charge in [-0.2, -0.15) is 0 Å². The fourth-order valence-corrected chi connectivity index (χ4v) is 2.06. The van der Waals surface area contributed by atoms with Gasteiger partial charge in [0, 0.05) is 16.6 Å². The first-order chi connectivity index (χ1) is 7.58. The van der Waals surface area contributed by atoms with E-state index in [0.29, 0.717) is 17.9 Å². The van der Waals surface area contributed by atoms with E-state index in [9.17, 15) is 14.7 Å². The van der Waals surface area contributed by atoms with Crippen molar-refractivity contribution in [2.24, 2.45) is 0 Å². The molecule has 1 aromatic carbocycles. The van der Waals surface area contributed by atoms with Crippen LogP contribution in [0.5, 0.6) is 5.75 Å². The van der Waals surface area contributed by atoms with Gasteiger partial charge in [0.1, 0.15) is 12.4 Å². The van der Waals surface area contributed by atoms with Crippen LogP contribution in [-0.4, -0.2) is 18.5 Å². The topological polar surface area (TPSA) is 78.5 Å². The molecule has 0 bridgehead atoms. The van der Waals surface area contributed by atoms with Crippen molar-refractivity contribution in [3.05, 3.63) is 27.7 Å². The number of halogens is 1. The van der Waals surface area contributed by atoms with Crippen molar-refractivity contribution < 1.29 is 19.4 Å². The summed E-state index contributed by atoms with van der Waals surface area (Å²) in [5.41, 5.74) is 1.36. The van der Waals surface area contributed by atoms with Crippen molar-refractivity contribution >= 4 is 27.8 Å². The fraction of sp³-hybridized carbons (Fsp3) is 0.200. The highest BCUT2D eigenvalue weighted by molar-refractivity contribution is 9.10. The van der Waals surface area contributed by atoms with Crippen molar-refractivity contribution in [2.75, 3.05) is 6.61 Å². The first-order valence-corrected chi connectivity index (χ1v) is 5.30. The summed E-state index contributed by atoms with van der Waals surface area (Å²) >= 11 is 3.30. The second kappa shape index (κ2) is 4.13. The van der Waals surface area contributed by atoms with Crippen LogP contribution in [0.25, 0.3) is 0 Å². The number of carboxylic acid groups (broad SMARTS) is 1. The van der Waals surface area contributed by atoms with Crippen molar-refractivity contribution in [2.45, 2.75) is 6.54 Å². The van der Waals surface area contributed by atoms with E-state index in [4.69, 9.17) is 4.74 Å². The molecule has 0 aromatic heterocycles. The van der Waals surface area contributed by atoms with Gasteiger partial charge >= 0.3 is 0 Å². The Morgan fingerprint density at radius 2 is 2.31 bits per heavy atom. The summed E-state index contributed by atoms with van der Waals surface area (Å²) in [6, 6.07) is 3.15. The van der Waals surface area contributed by atoms with Gasteiger partial charge in [0.25, 0.3) is 5.91 Å². The van der Waals surface area contributed by atoms with E-state index in [-0.39, 0.29) is 5.91 Å². The van der Waals surface area contributed by atoms with E-state index in [0.717, 1.165) is 10.0 Å². The van der Waals surface area contributed by atoms with Crippen molar-refractivity contribution in [3.8, 4) is 5.75 Å². The molecular weight excluding hydrogens is 278 g/mol. The predicted octanol–water partition coefficient (Wildman–Crippen LogP) is -0.179. The zero-order valence-electron chi connectivity index (χ0n) is 8.08. The average Bonchev–Trinajstić information content (AvgIpc) is 2.58. The zero-order chi connectivity index (χ0) is 11.7. The molecule has 1 amide bonds. The smallest absolute Gasteiger partial charge is 0.252 e. The van der Waals surface area contributed by atoms with Gasteiger partial charge in [-0.15, -0.1) is 0 Å². The largest absolute Gasteiger partial charge is 0.546 e. The number of rotatable bonds is 3. The standard InChI is InChI=1S/C10H8BrNO4/c11-8-2-5(16-4-9(13)14)1-6-7(8)3-12-10(6)15/h1-2H,3-4H2,(H,12,15)(H,13,14)/p-1. The Bertz CT molecular complexity index is 472. The Hall–Kier alpha value is -1.56. The summed E-state index contributed by atoms with van der Waals surface area (Å²) in [4.78, 5) is 21.6. The third-order valence-electron chi connectivity index (χ3n) is 2.20. The summed E-state index contributed by atoms with van der Waals surface area (Å²) in [7, 11) is 0. The number of ether oxygens (including phenoxy) is 1. The van der Waals surface area contributed by atoms with Gasteiger partial charge in [0.05, 0.1) is 5.97 Å². The van der Waals surface area contributed by atoms with Crippen LogP contribution >= 0.6 is 15.9 Å². The van der Waals surface area contributed by atoms with Gasteiger partial charge in [-0.25, -0.2) is 0 Å². The molecule has 0 saturated heterocycles. The normalized spacial score (nSPS) is 13.2. The van der Waals surface area contributed by atoms with Gasteiger partial charge in [-0.05, 0) is 17.7 Å². The van der Waals surface area contributed by atoms with Crippen molar-refractivity contribution in [1.82, 2.24) is 5.32 Å². The molecule has 0 saturated carbocycles. The summed E-state index contributed by atoms with van der Waals surface area (Å²) in [5, 5.41) is 12.9. The van der Waals surface area contributed by atoms with E-state index in [1.165, 1.54) is 6.07 Å². The highest BCUT2D eigenvalue weighted by atomic mass is 79.9. The maximum absolute atomic E-state index is 11.4. The van der Waals surface area contributed by atoms with Crippen LogP contribution in [-0.2, 0) is 11.3 Å². The summed E-state index contributed by atoms with van der Waals surface area (Å²) < 4.78 is 5.67. The number of hydrogen-bond acceptors (Lipinski definition) is 4. The first kappa shape index (κ1) is 10.9. The minimum atomic E-state index is -1.30. The Morgan fingerprint density at radius 3 is 3.00 bits per heavy atom. The lowest BCUT2D eigenvalue weighted by atomic mass is 10.1. The Balaban J connectivity index is 2.29. The lowest BCUT2D eigenvalue weighted by Gasteiger charge is -2.09. The quantitative estimate of drug-likeness (QED) is 0.835. The SMILES string of the molecule is O=C([O-])COc1cc(Br)c2c(c1)C(=O)NC2. The first-order valence-electron chi connectivity index (χ1n) is 4.51. The van der Waals surface area contributed by atoms with E-state index >= 15 is 0 Å². The van der Waals surface area contributed by atoms with Crippen molar-refractivity contribution in [1.29, 1.82) is 0 Å². The van der Waals surface area contributed by atoms with Gasteiger partial charge in [0.15, 0.2) is 0 Å². The van der Waals surface area contributed by atoms with Gasteiger partial charge in [-0.1, -0.05) is 15.9 Å². The molecule has 84 valence electrons. The zero-order valence-corrected chi connectivity index (χ0v) is 9.67. The summed E-state index contributed by atoms with van der Waals surface area (Å²) in [6.45, 7) is -0.0671. The molecule has 0 spiro atoms. The number of carbonyl (C=O) groups is 2. The number of nitrogens with one attached hydrogen (secondary N) is 1. The molecule has 5 nitrogen and oxygen atoms in total. The number of carbonyl (C=O) groups excluding carboxylic acids is 2. The van der Waals surface area contributed by atoms with E-state index in [2.05, 4.69) is 21.2 Å². The molecule has 1 heterocycles. The lowest BCUT2D eigenvalue weighted by molar-refractivity contribution is -0.307. The number of hydrogen-bond donors (Lipinski definition) is 1. The minimum absolute atomic E-state index is 0.186. The molecular formula is C10H7BrNO4-. The number of aliphatic carboxylic acids is 1. The van der Waals surface area contributed by atoms with Crippen LogP contribution in [0, 0.1) is 0 Å². The molecule has 0 atom stereocenters. The van der Waals surface area contributed by atoms with E-state index in [1.807, 2.05) is 0 Å². The number of benzene rings is 1. The molecule has 1 N–H and O–H groups in total. The van der Waals surface area contributed by atoms with Crippen LogP contribution in [0.1, 0.15) is 15.9 Å². The van der Waals surface area contributed by atoms with Crippen molar-refractivity contribution in [3.63, 3.8) is 0 Å². The fourth-order valence-electron chi connectivity index (χ4n) is 1.48. The highest BCUT2D eigenvalue weighted by Crippen LogP contribution is 2.29. The summed E-state index contributed by atoms with van der Waals surface area (Å²) in [5.74, 6) is -1.16. The average molecular weight is 285 g/mol. The predicted molar refractivity (Wildman–Crippen MR) is 55.8 cm³/mol. The Kier molecular flexibility index (Phi) is 2.82. The van der Waals surface area contributed by atoms with Crippen LogP contribution in [0.4, 0.5) is 0 Å². The second-order valence-corrected chi connectivity index (χ2v) is 4.13. The molecule has 1 aromatic rings. The van der Waals surface area contributed by atoms with Crippen LogP contribution in [0.2, 0.25) is 0 Å². The molecule has 0 fully saturated rings. The number of carboxylic acids is 1. The number of amides is 1. The molecule has 16 heavy (non-hydrogen) atoms. The molecule has 1 aliphatic rings. The van der Waals surface area contributed by atoms with E-state index < -0.39 is 12.6 Å². The highest BCUT2D eigenvalue weighted by Gasteiger charge is 2.22. The van der Waals surface area contributed by atoms with Crippen LogP contribution in [0.15, 0.2) is 16.6 Å². The van der Waals surface area contributed by atoms with E-state index in [1.54, 1.807) is 6.07 Å². The molecule has 0 radical (unpaired) electrons. The van der Waals surface area contributed by atoms with Crippen LogP contribution < -0.4 is 15.2 Å². The third kappa shape index (κ3) is 2.01. The molecule has 2 rings (SSSR count). The molecule has 0 unspecified atom stereocenters. The third-order valence-corrected chi connectivity index (χ3v) is 2.90. The monoisotopic (exact) mass is 284 g/mol. The Morgan fingerprint density at radius 1 is 1.56 bits per heavy atom. The molecule has 6 heteroatoms. The maximum atomic E-state index is 11.4. The lowest BCUT2D eigenvalue weighted by Crippen LogP contribution is -2.29.